The minimum Gasteiger partial charge on any atom is -0.480 e. The SMILES string of the molecule is CC(C)CNC1(OCC(=O)O)CCC(c2cnc(-c3ccccc3)c(-c3ccccc3)n2)CC1. The number of ether oxygens (including phenoxy) is 1. The highest BCUT2D eigenvalue weighted by atomic mass is 16.5. The highest BCUT2D eigenvalue weighted by Gasteiger charge is 2.37. The fourth-order valence-electron chi connectivity index (χ4n) is 4.55. The van der Waals surface area contributed by atoms with Crippen LogP contribution in [0.5, 0.6) is 0 Å². The highest BCUT2D eigenvalue weighted by Crippen LogP contribution is 2.39. The predicted octanol–water partition coefficient (Wildman–Crippen LogP) is 5.51. The molecule has 1 aromatic heterocycles. The van der Waals surface area contributed by atoms with Crippen molar-refractivity contribution in [1.29, 1.82) is 0 Å². The maximum Gasteiger partial charge on any atom is 0.329 e. The highest BCUT2D eigenvalue weighted by molar-refractivity contribution is 5.77. The Morgan fingerprint density at radius 1 is 1.03 bits per heavy atom. The molecule has 0 radical (unpaired) electrons. The molecule has 4 rings (SSSR count). The molecule has 1 aliphatic carbocycles. The summed E-state index contributed by atoms with van der Waals surface area (Å²) in [6, 6.07) is 20.3. The average molecular weight is 460 g/mol. The van der Waals surface area contributed by atoms with Gasteiger partial charge < -0.3 is 9.84 Å². The van der Waals surface area contributed by atoms with Gasteiger partial charge in [0.25, 0.3) is 0 Å². The van der Waals surface area contributed by atoms with E-state index in [9.17, 15) is 4.79 Å². The summed E-state index contributed by atoms with van der Waals surface area (Å²) in [6.45, 7) is 4.77. The normalized spacial score (nSPS) is 20.4. The van der Waals surface area contributed by atoms with Crippen LogP contribution in [0, 0.1) is 5.92 Å². The summed E-state index contributed by atoms with van der Waals surface area (Å²) < 4.78 is 5.89. The number of hydrogen-bond donors (Lipinski definition) is 2. The van der Waals surface area contributed by atoms with Crippen LogP contribution in [0.4, 0.5) is 0 Å². The van der Waals surface area contributed by atoms with Gasteiger partial charge in [0, 0.05) is 29.8 Å². The van der Waals surface area contributed by atoms with Crippen molar-refractivity contribution in [3.8, 4) is 22.5 Å². The van der Waals surface area contributed by atoms with Crippen LogP contribution in [0.25, 0.3) is 22.5 Å². The first-order valence-corrected chi connectivity index (χ1v) is 12.0. The van der Waals surface area contributed by atoms with Crippen LogP contribution >= 0.6 is 0 Å². The molecule has 0 amide bonds. The maximum atomic E-state index is 11.2. The lowest BCUT2D eigenvalue weighted by Crippen LogP contribution is -2.52. The Kier molecular flexibility index (Phi) is 7.70. The van der Waals surface area contributed by atoms with Crippen molar-refractivity contribution in [1.82, 2.24) is 15.3 Å². The molecule has 0 bridgehead atoms. The van der Waals surface area contributed by atoms with Crippen LogP contribution < -0.4 is 5.32 Å². The summed E-state index contributed by atoms with van der Waals surface area (Å²) in [5, 5.41) is 12.7. The fraction of sp³-hybridized carbons (Fsp3) is 0.393. The van der Waals surface area contributed by atoms with Crippen molar-refractivity contribution in [2.45, 2.75) is 51.2 Å². The number of aliphatic carboxylic acids is 1. The summed E-state index contributed by atoms with van der Waals surface area (Å²) >= 11 is 0. The standard InChI is InChI=1S/C28H33N3O3/c1-20(2)17-30-28(34-19-25(32)33)15-13-21(14-16-28)24-18-29-26(22-9-5-3-6-10-22)27(31-24)23-11-7-4-8-12-23/h3-12,18,20-21,30H,13-17,19H2,1-2H3,(H,32,33). The molecule has 178 valence electrons. The number of nitrogens with zero attached hydrogens (tertiary/aromatic N) is 2. The Balaban J connectivity index is 1.58. The number of carboxylic acid groups (broad SMARTS) is 1. The second-order valence-electron chi connectivity index (χ2n) is 9.45. The van der Waals surface area contributed by atoms with Crippen molar-refractivity contribution in [3.05, 3.63) is 72.6 Å². The van der Waals surface area contributed by atoms with E-state index in [1.54, 1.807) is 0 Å². The smallest absolute Gasteiger partial charge is 0.329 e. The Labute approximate surface area is 201 Å². The van der Waals surface area contributed by atoms with E-state index in [1.807, 2.05) is 42.6 Å². The Hall–Kier alpha value is -3.09. The van der Waals surface area contributed by atoms with Gasteiger partial charge in [0.1, 0.15) is 12.3 Å². The molecule has 1 heterocycles. The number of hydrogen-bond acceptors (Lipinski definition) is 5. The van der Waals surface area contributed by atoms with E-state index in [0.29, 0.717) is 5.92 Å². The van der Waals surface area contributed by atoms with Gasteiger partial charge in [-0.25, -0.2) is 9.78 Å². The van der Waals surface area contributed by atoms with E-state index in [0.717, 1.165) is 60.4 Å². The van der Waals surface area contributed by atoms with Gasteiger partial charge in [-0.2, -0.15) is 0 Å². The third-order valence-electron chi connectivity index (χ3n) is 6.40. The molecule has 6 nitrogen and oxygen atoms in total. The minimum absolute atomic E-state index is 0.252. The zero-order chi connectivity index (χ0) is 24.0. The van der Waals surface area contributed by atoms with Crippen molar-refractivity contribution in [2.75, 3.05) is 13.2 Å². The third-order valence-corrected chi connectivity index (χ3v) is 6.40. The molecule has 0 saturated heterocycles. The van der Waals surface area contributed by atoms with Gasteiger partial charge in [-0.05, 0) is 31.6 Å². The van der Waals surface area contributed by atoms with E-state index in [4.69, 9.17) is 19.8 Å². The quantitative estimate of drug-likeness (QED) is 0.411. The van der Waals surface area contributed by atoms with Gasteiger partial charge in [-0.1, -0.05) is 74.5 Å². The molecular weight excluding hydrogens is 426 g/mol. The molecule has 0 unspecified atom stereocenters. The zero-order valence-corrected chi connectivity index (χ0v) is 19.9. The summed E-state index contributed by atoms with van der Waals surface area (Å²) in [5.74, 6) is -0.238. The molecule has 3 aromatic rings. The summed E-state index contributed by atoms with van der Waals surface area (Å²) in [7, 11) is 0. The van der Waals surface area contributed by atoms with Gasteiger partial charge in [0.05, 0.1) is 17.1 Å². The van der Waals surface area contributed by atoms with Crippen molar-refractivity contribution < 1.29 is 14.6 Å². The molecule has 6 heteroatoms. The van der Waals surface area contributed by atoms with E-state index in [2.05, 4.69) is 43.4 Å². The number of carbonyl (C=O) groups is 1. The van der Waals surface area contributed by atoms with Crippen LogP contribution in [-0.4, -0.2) is 39.9 Å². The molecule has 0 aliphatic heterocycles. The zero-order valence-electron chi connectivity index (χ0n) is 19.9. The number of carboxylic acids is 1. The first kappa shape index (κ1) is 24.0. The summed E-state index contributed by atoms with van der Waals surface area (Å²) in [5.41, 5.74) is 4.24. The van der Waals surface area contributed by atoms with E-state index < -0.39 is 11.7 Å². The topological polar surface area (TPSA) is 84.3 Å². The van der Waals surface area contributed by atoms with Gasteiger partial charge in [0.15, 0.2) is 0 Å². The number of benzene rings is 2. The Morgan fingerprint density at radius 3 is 2.18 bits per heavy atom. The fourth-order valence-corrected chi connectivity index (χ4v) is 4.55. The molecule has 2 N–H and O–H groups in total. The van der Waals surface area contributed by atoms with Crippen molar-refractivity contribution in [3.63, 3.8) is 0 Å². The third kappa shape index (κ3) is 5.88. The van der Waals surface area contributed by atoms with Gasteiger partial charge in [-0.15, -0.1) is 0 Å². The lowest BCUT2D eigenvalue weighted by Gasteiger charge is -2.40. The first-order valence-electron chi connectivity index (χ1n) is 12.0. The second-order valence-corrected chi connectivity index (χ2v) is 9.45. The van der Waals surface area contributed by atoms with Crippen LogP contribution in [0.2, 0.25) is 0 Å². The molecule has 0 spiro atoms. The minimum atomic E-state index is -0.942. The largest absolute Gasteiger partial charge is 0.480 e. The van der Waals surface area contributed by atoms with Crippen molar-refractivity contribution >= 4 is 5.97 Å². The van der Waals surface area contributed by atoms with Crippen LogP contribution in [0.3, 0.4) is 0 Å². The van der Waals surface area contributed by atoms with E-state index in [1.165, 1.54) is 0 Å². The first-order chi connectivity index (χ1) is 16.5. The van der Waals surface area contributed by atoms with Crippen molar-refractivity contribution in [2.24, 2.45) is 5.92 Å². The molecule has 1 fully saturated rings. The molecule has 2 aromatic carbocycles. The molecule has 0 atom stereocenters. The average Bonchev–Trinajstić information content (AvgIpc) is 2.87. The van der Waals surface area contributed by atoms with Crippen LogP contribution in [-0.2, 0) is 9.53 Å². The van der Waals surface area contributed by atoms with Crippen LogP contribution in [0.1, 0.15) is 51.1 Å². The second kappa shape index (κ2) is 10.9. The molecular formula is C28H33N3O3. The lowest BCUT2D eigenvalue weighted by molar-refractivity contribution is -0.156. The monoisotopic (exact) mass is 459 g/mol. The van der Waals surface area contributed by atoms with E-state index in [-0.39, 0.29) is 12.5 Å². The molecule has 1 aliphatic rings. The van der Waals surface area contributed by atoms with E-state index >= 15 is 0 Å². The van der Waals surface area contributed by atoms with Gasteiger partial charge in [-0.3, -0.25) is 10.3 Å². The van der Waals surface area contributed by atoms with Gasteiger partial charge >= 0.3 is 5.97 Å². The lowest BCUT2D eigenvalue weighted by atomic mass is 9.81. The molecule has 1 saturated carbocycles. The summed E-state index contributed by atoms with van der Waals surface area (Å²) in [6.07, 6.45) is 5.10. The Bertz CT molecular complexity index is 1080. The predicted molar refractivity (Wildman–Crippen MR) is 133 cm³/mol. The number of rotatable bonds is 9. The van der Waals surface area contributed by atoms with Crippen LogP contribution in [0.15, 0.2) is 66.9 Å². The Morgan fingerprint density at radius 2 is 1.62 bits per heavy atom. The number of nitrogens with one attached hydrogen (secondary N) is 1. The maximum absolute atomic E-state index is 11.2. The summed E-state index contributed by atoms with van der Waals surface area (Å²) in [4.78, 5) is 21.1. The number of aromatic nitrogens is 2. The van der Waals surface area contributed by atoms with Gasteiger partial charge in [0.2, 0.25) is 0 Å². The molecule has 34 heavy (non-hydrogen) atoms.